The van der Waals surface area contributed by atoms with Gasteiger partial charge in [0, 0.05) is 32.8 Å². The van der Waals surface area contributed by atoms with Crippen molar-refractivity contribution in [3.05, 3.63) is 58.8 Å². The number of fused-ring (bicyclic) bond motifs is 1. The largest absolute Gasteiger partial charge is 0.457 e. The lowest BCUT2D eigenvalue weighted by molar-refractivity contribution is 0.488. The second kappa shape index (κ2) is 5.13. The zero-order valence-electron chi connectivity index (χ0n) is 10.9. The summed E-state index contributed by atoms with van der Waals surface area (Å²) in [5.74, 6) is 1.57. The van der Waals surface area contributed by atoms with Crippen LogP contribution in [-0.2, 0) is 0 Å². The van der Waals surface area contributed by atoms with Crippen molar-refractivity contribution >= 4 is 32.4 Å². The van der Waals surface area contributed by atoms with Crippen LogP contribution in [-0.4, -0.2) is 4.98 Å². The number of nitrogens with zero attached hydrogens (tertiary/aromatic N) is 1. The van der Waals surface area contributed by atoms with E-state index in [0.29, 0.717) is 5.69 Å². The van der Waals surface area contributed by atoms with Crippen molar-refractivity contribution in [3.8, 4) is 11.5 Å². The zero-order chi connectivity index (χ0) is 14.1. The number of benzene rings is 2. The number of anilines is 1. The Hall–Kier alpha value is -2.07. The van der Waals surface area contributed by atoms with Crippen LogP contribution in [0, 0.1) is 6.92 Å². The summed E-state index contributed by atoms with van der Waals surface area (Å²) in [6.07, 6.45) is 1.79. The zero-order valence-corrected chi connectivity index (χ0v) is 12.5. The third-order valence-corrected chi connectivity index (χ3v) is 3.60. The van der Waals surface area contributed by atoms with E-state index in [9.17, 15) is 0 Å². The minimum atomic E-state index is 0.704. The maximum absolute atomic E-state index is 5.99. The Labute approximate surface area is 125 Å². The quantitative estimate of drug-likeness (QED) is 0.695. The van der Waals surface area contributed by atoms with Crippen molar-refractivity contribution in [3.63, 3.8) is 0 Å². The summed E-state index contributed by atoms with van der Waals surface area (Å²) >= 11 is 3.41. The summed E-state index contributed by atoms with van der Waals surface area (Å²) in [6.45, 7) is 1.95. The Bertz CT molecular complexity index is 769. The average molecular weight is 329 g/mol. The number of nitrogens with two attached hydrogens (primary N) is 1. The van der Waals surface area contributed by atoms with Crippen molar-refractivity contribution in [1.29, 1.82) is 0 Å². The lowest BCUT2D eigenvalue weighted by Crippen LogP contribution is -1.92. The van der Waals surface area contributed by atoms with Gasteiger partial charge in [-0.15, -0.1) is 0 Å². The molecule has 0 aliphatic rings. The number of halogens is 1. The molecular weight excluding hydrogens is 316 g/mol. The first kappa shape index (κ1) is 12.9. The summed E-state index contributed by atoms with van der Waals surface area (Å²) < 4.78 is 6.97. The van der Waals surface area contributed by atoms with E-state index in [0.717, 1.165) is 32.4 Å². The predicted octanol–water partition coefficient (Wildman–Crippen LogP) is 4.68. The number of aryl methyl sites for hydroxylation is 1. The summed E-state index contributed by atoms with van der Waals surface area (Å²) in [5, 5.41) is 1.88. The van der Waals surface area contributed by atoms with E-state index in [1.54, 1.807) is 6.20 Å². The number of hydrogen-bond acceptors (Lipinski definition) is 3. The molecule has 0 aliphatic heterocycles. The van der Waals surface area contributed by atoms with E-state index in [1.807, 2.05) is 49.4 Å². The monoisotopic (exact) mass is 328 g/mol. The maximum Gasteiger partial charge on any atom is 0.135 e. The van der Waals surface area contributed by atoms with E-state index < -0.39 is 0 Å². The van der Waals surface area contributed by atoms with Gasteiger partial charge in [0.05, 0.1) is 0 Å². The molecule has 1 aromatic heterocycles. The summed E-state index contributed by atoms with van der Waals surface area (Å²) in [7, 11) is 0. The van der Waals surface area contributed by atoms with Crippen LogP contribution in [0.4, 0.5) is 5.69 Å². The highest BCUT2D eigenvalue weighted by Crippen LogP contribution is 2.33. The number of rotatable bonds is 2. The van der Waals surface area contributed by atoms with Gasteiger partial charge < -0.3 is 10.5 Å². The van der Waals surface area contributed by atoms with Gasteiger partial charge in [-0.25, -0.2) is 0 Å². The van der Waals surface area contributed by atoms with Gasteiger partial charge in [-0.05, 0) is 49.4 Å². The molecule has 2 N–H and O–H groups in total. The highest BCUT2D eigenvalue weighted by Gasteiger charge is 2.07. The van der Waals surface area contributed by atoms with Crippen LogP contribution in [0.25, 0.3) is 10.8 Å². The molecule has 0 saturated heterocycles. The van der Waals surface area contributed by atoms with E-state index in [1.165, 1.54) is 0 Å². The molecule has 0 aliphatic carbocycles. The lowest BCUT2D eigenvalue weighted by atomic mass is 10.1. The molecule has 0 unspecified atom stereocenters. The molecular formula is C16H13BrN2O. The van der Waals surface area contributed by atoms with E-state index in [-0.39, 0.29) is 0 Å². The highest BCUT2D eigenvalue weighted by molar-refractivity contribution is 9.10. The SMILES string of the molecule is Cc1cc2c(Oc3ccc(Br)cc3)ccc(N)c2cn1. The standard InChI is InChI=1S/C16H13BrN2O/c1-10-8-13-14(9-19-10)15(18)6-7-16(13)20-12-4-2-11(17)3-5-12/h2-9H,18H2,1H3. The molecule has 0 atom stereocenters. The number of pyridine rings is 1. The fourth-order valence-corrected chi connectivity index (χ4v) is 2.32. The van der Waals surface area contributed by atoms with Crippen LogP contribution >= 0.6 is 15.9 Å². The Morgan fingerprint density at radius 2 is 1.80 bits per heavy atom. The molecule has 3 rings (SSSR count). The van der Waals surface area contributed by atoms with Gasteiger partial charge >= 0.3 is 0 Å². The molecule has 0 saturated carbocycles. The Balaban J connectivity index is 2.09. The number of aromatic nitrogens is 1. The molecule has 3 nitrogen and oxygen atoms in total. The van der Waals surface area contributed by atoms with Crippen LogP contribution in [0.15, 0.2) is 53.1 Å². The van der Waals surface area contributed by atoms with Gasteiger partial charge in [0.25, 0.3) is 0 Å². The summed E-state index contributed by atoms with van der Waals surface area (Å²) in [4.78, 5) is 4.29. The molecule has 0 radical (unpaired) electrons. The van der Waals surface area contributed by atoms with Crippen LogP contribution in [0.2, 0.25) is 0 Å². The van der Waals surface area contributed by atoms with Gasteiger partial charge in [-0.1, -0.05) is 15.9 Å². The highest BCUT2D eigenvalue weighted by atomic mass is 79.9. The van der Waals surface area contributed by atoms with Gasteiger partial charge in [-0.2, -0.15) is 0 Å². The Morgan fingerprint density at radius 1 is 1.05 bits per heavy atom. The molecule has 0 bridgehead atoms. The van der Waals surface area contributed by atoms with E-state index in [4.69, 9.17) is 10.5 Å². The molecule has 100 valence electrons. The molecule has 2 aromatic carbocycles. The Morgan fingerprint density at radius 3 is 2.55 bits per heavy atom. The van der Waals surface area contributed by atoms with Crippen molar-refractivity contribution in [2.75, 3.05) is 5.73 Å². The Kier molecular flexibility index (Phi) is 3.32. The van der Waals surface area contributed by atoms with Crippen LogP contribution in [0.1, 0.15) is 5.69 Å². The first-order valence-electron chi connectivity index (χ1n) is 6.22. The molecule has 1 heterocycles. The van der Waals surface area contributed by atoms with E-state index >= 15 is 0 Å². The van der Waals surface area contributed by atoms with Gasteiger partial charge in [0.1, 0.15) is 11.5 Å². The lowest BCUT2D eigenvalue weighted by Gasteiger charge is -2.11. The molecule has 20 heavy (non-hydrogen) atoms. The summed E-state index contributed by atoms with van der Waals surface area (Å²) in [6, 6.07) is 13.4. The van der Waals surface area contributed by atoms with Crippen LogP contribution in [0.3, 0.4) is 0 Å². The molecule has 0 fully saturated rings. The minimum Gasteiger partial charge on any atom is -0.457 e. The van der Waals surface area contributed by atoms with Crippen LogP contribution in [0.5, 0.6) is 11.5 Å². The third-order valence-electron chi connectivity index (χ3n) is 3.07. The van der Waals surface area contributed by atoms with Crippen molar-refractivity contribution in [2.45, 2.75) is 6.92 Å². The first-order chi connectivity index (χ1) is 9.63. The fourth-order valence-electron chi connectivity index (χ4n) is 2.06. The summed E-state index contributed by atoms with van der Waals surface area (Å²) in [5.41, 5.74) is 7.63. The predicted molar refractivity (Wildman–Crippen MR) is 85.1 cm³/mol. The van der Waals surface area contributed by atoms with Crippen molar-refractivity contribution < 1.29 is 4.74 Å². The molecule has 3 aromatic rings. The molecule has 0 amide bonds. The third kappa shape index (κ3) is 2.47. The van der Waals surface area contributed by atoms with Crippen molar-refractivity contribution in [2.24, 2.45) is 0 Å². The average Bonchev–Trinajstić information content (AvgIpc) is 2.44. The van der Waals surface area contributed by atoms with Gasteiger partial charge in [0.15, 0.2) is 0 Å². The topological polar surface area (TPSA) is 48.1 Å². The minimum absolute atomic E-state index is 0.704. The normalized spacial score (nSPS) is 10.7. The second-order valence-electron chi connectivity index (χ2n) is 4.58. The van der Waals surface area contributed by atoms with Gasteiger partial charge in [-0.3, -0.25) is 4.98 Å². The number of ether oxygens (including phenoxy) is 1. The fraction of sp³-hybridized carbons (Fsp3) is 0.0625. The van der Waals surface area contributed by atoms with E-state index in [2.05, 4.69) is 20.9 Å². The van der Waals surface area contributed by atoms with Crippen LogP contribution < -0.4 is 10.5 Å². The number of hydrogen-bond donors (Lipinski definition) is 1. The molecule has 4 heteroatoms. The molecule has 0 spiro atoms. The second-order valence-corrected chi connectivity index (χ2v) is 5.50. The van der Waals surface area contributed by atoms with Crippen molar-refractivity contribution in [1.82, 2.24) is 4.98 Å². The first-order valence-corrected chi connectivity index (χ1v) is 7.01. The maximum atomic E-state index is 5.99. The number of nitrogen functional groups attached to an aromatic ring is 1. The smallest absolute Gasteiger partial charge is 0.135 e. The van der Waals surface area contributed by atoms with Gasteiger partial charge in [0.2, 0.25) is 0 Å².